The number of halogens is 2. The van der Waals surface area contributed by atoms with Crippen LogP contribution in [-0.2, 0) is 0 Å². The second-order valence-corrected chi connectivity index (χ2v) is 5.04. The highest BCUT2D eigenvalue weighted by Gasteiger charge is 2.13. The summed E-state index contributed by atoms with van der Waals surface area (Å²) in [5.41, 5.74) is 1.04. The summed E-state index contributed by atoms with van der Waals surface area (Å²) in [6.45, 7) is 4.34. The number of fused-ring (bicyclic) bond motifs is 1. The molecule has 0 spiro atoms. The average Bonchev–Trinajstić information content (AvgIpc) is 2.56. The van der Waals surface area contributed by atoms with Gasteiger partial charge in [0.15, 0.2) is 0 Å². The van der Waals surface area contributed by atoms with Gasteiger partial charge in [-0.2, -0.15) is 5.10 Å². The second kappa shape index (κ2) is 4.72. The Morgan fingerprint density at radius 1 is 1.56 bits per heavy atom. The smallest absolute Gasteiger partial charge is 0.137 e. The predicted octanol–water partition coefficient (Wildman–Crippen LogP) is 4.21. The molecule has 2 aromatic rings. The van der Waals surface area contributed by atoms with E-state index in [1.807, 2.05) is 10.7 Å². The SMILES string of the molecule is CCCC(C)n1nc(Br)c2cnc(Cl)cc21. The topological polar surface area (TPSA) is 30.7 Å². The fourth-order valence-corrected chi connectivity index (χ4v) is 2.48. The molecule has 16 heavy (non-hydrogen) atoms. The molecule has 0 radical (unpaired) electrons. The molecule has 1 atom stereocenters. The Morgan fingerprint density at radius 3 is 3.00 bits per heavy atom. The summed E-state index contributed by atoms with van der Waals surface area (Å²) in [6.07, 6.45) is 3.99. The number of rotatable bonds is 3. The molecule has 0 aliphatic carbocycles. The van der Waals surface area contributed by atoms with E-state index < -0.39 is 0 Å². The van der Waals surface area contributed by atoms with E-state index in [9.17, 15) is 0 Å². The van der Waals surface area contributed by atoms with Gasteiger partial charge in [0.05, 0.1) is 10.9 Å². The van der Waals surface area contributed by atoms with Crippen LogP contribution in [0.15, 0.2) is 16.9 Å². The van der Waals surface area contributed by atoms with E-state index in [-0.39, 0.29) is 0 Å². The van der Waals surface area contributed by atoms with Crippen LogP contribution in [0.5, 0.6) is 0 Å². The zero-order valence-corrected chi connectivity index (χ0v) is 11.6. The molecule has 2 rings (SSSR count). The summed E-state index contributed by atoms with van der Waals surface area (Å²) >= 11 is 9.36. The summed E-state index contributed by atoms with van der Waals surface area (Å²) in [6, 6.07) is 2.23. The van der Waals surface area contributed by atoms with E-state index in [1.54, 1.807) is 6.20 Å². The Hall–Kier alpha value is -0.610. The van der Waals surface area contributed by atoms with Gasteiger partial charge >= 0.3 is 0 Å². The number of pyridine rings is 1. The molecule has 0 aliphatic rings. The predicted molar refractivity (Wildman–Crippen MR) is 69.9 cm³/mol. The van der Waals surface area contributed by atoms with Crippen LogP contribution < -0.4 is 0 Å². The van der Waals surface area contributed by atoms with Gasteiger partial charge in [0.2, 0.25) is 0 Å². The van der Waals surface area contributed by atoms with Crippen molar-refractivity contribution < 1.29 is 0 Å². The normalized spacial score (nSPS) is 13.2. The highest BCUT2D eigenvalue weighted by Crippen LogP contribution is 2.28. The molecule has 0 fully saturated rings. The minimum atomic E-state index is 0.372. The van der Waals surface area contributed by atoms with Crippen molar-refractivity contribution in [3.63, 3.8) is 0 Å². The van der Waals surface area contributed by atoms with Crippen LogP contribution in [0.4, 0.5) is 0 Å². The zero-order valence-electron chi connectivity index (χ0n) is 9.24. The molecule has 5 heteroatoms. The molecule has 1 unspecified atom stereocenters. The molecule has 0 saturated carbocycles. The third-order valence-corrected chi connectivity index (χ3v) is 3.43. The molecular formula is C11H13BrClN3. The van der Waals surface area contributed by atoms with Crippen LogP contribution in [0.2, 0.25) is 5.15 Å². The van der Waals surface area contributed by atoms with Gasteiger partial charge in [-0.1, -0.05) is 24.9 Å². The Kier molecular flexibility index (Phi) is 3.50. The van der Waals surface area contributed by atoms with E-state index in [2.05, 4.69) is 39.9 Å². The number of nitrogens with zero attached hydrogens (tertiary/aromatic N) is 3. The van der Waals surface area contributed by atoms with Crippen LogP contribution in [0.3, 0.4) is 0 Å². The standard InChI is InChI=1S/C11H13BrClN3/c1-3-4-7(2)16-9-5-10(13)14-6-8(9)11(12)15-16/h5-7H,3-4H2,1-2H3. The number of aromatic nitrogens is 3. The van der Waals surface area contributed by atoms with Gasteiger partial charge in [0, 0.05) is 18.3 Å². The molecule has 0 amide bonds. The van der Waals surface area contributed by atoms with E-state index in [0.717, 1.165) is 28.3 Å². The third-order valence-electron chi connectivity index (χ3n) is 2.64. The van der Waals surface area contributed by atoms with Gasteiger partial charge in [0.1, 0.15) is 9.76 Å². The Bertz CT molecular complexity index is 509. The summed E-state index contributed by atoms with van der Waals surface area (Å²) in [5, 5.41) is 6.00. The van der Waals surface area contributed by atoms with E-state index in [0.29, 0.717) is 11.2 Å². The molecular weight excluding hydrogens is 289 g/mol. The van der Waals surface area contributed by atoms with Gasteiger partial charge in [0.25, 0.3) is 0 Å². The van der Waals surface area contributed by atoms with Crippen LogP contribution >= 0.6 is 27.5 Å². The van der Waals surface area contributed by atoms with Gasteiger partial charge in [-0.05, 0) is 29.3 Å². The highest BCUT2D eigenvalue weighted by atomic mass is 79.9. The van der Waals surface area contributed by atoms with Crippen molar-refractivity contribution in [1.82, 2.24) is 14.8 Å². The number of hydrogen-bond acceptors (Lipinski definition) is 2. The molecule has 0 aromatic carbocycles. The quantitative estimate of drug-likeness (QED) is 0.795. The van der Waals surface area contributed by atoms with Crippen molar-refractivity contribution in [2.45, 2.75) is 32.7 Å². The maximum Gasteiger partial charge on any atom is 0.137 e. The van der Waals surface area contributed by atoms with Gasteiger partial charge in [-0.3, -0.25) is 4.68 Å². The first-order valence-corrected chi connectivity index (χ1v) is 6.49. The molecule has 86 valence electrons. The lowest BCUT2D eigenvalue weighted by Gasteiger charge is -2.11. The fraction of sp³-hybridized carbons (Fsp3) is 0.455. The lowest BCUT2D eigenvalue weighted by atomic mass is 10.2. The summed E-state index contributed by atoms with van der Waals surface area (Å²) < 4.78 is 2.84. The third kappa shape index (κ3) is 2.09. The Balaban J connectivity index is 2.56. The number of hydrogen-bond donors (Lipinski definition) is 0. The van der Waals surface area contributed by atoms with Crippen LogP contribution in [0, 0.1) is 0 Å². The monoisotopic (exact) mass is 301 g/mol. The molecule has 0 bridgehead atoms. The summed E-state index contributed by atoms with van der Waals surface area (Å²) in [5.74, 6) is 0. The molecule has 0 N–H and O–H groups in total. The Labute approximate surface area is 108 Å². The van der Waals surface area contributed by atoms with Gasteiger partial charge in [-0.15, -0.1) is 0 Å². The summed E-state index contributed by atoms with van der Waals surface area (Å²) in [7, 11) is 0. The first-order valence-electron chi connectivity index (χ1n) is 5.32. The first kappa shape index (κ1) is 11.9. The molecule has 3 nitrogen and oxygen atoms in total. The first-order chi connectivity index (χ1) is 7.63. The van der Waals surface area contributed by atoms with Crippen LogP contribution in [0.25, 0.3) is 10.9 Å². The minimum absolute atomic E-state index is 0.372. The zero-order chi connectivity index (χ0) is 11.7. The molecule has 0 saturated heterocycles. The van der Waals surface area contributed by atoms with Gasteiger partial charge < -0.3 is 0 Å². The maximum atomic E-state index is 5.91. The lowest BCUT2D eigenvalue weighted by molar-refractivity contribution is 0.466. The van der Waals surface area contributed by atoms with Crippen molar-refractivity contribution >= 4 is 38.4 Å². The van der Waals surface area contributed by atoms with E-state index >= 15 is 0 Å². The highest BCUT2D eigenvalue weighted by molar-refractivity contribution is 9.10. The van der Waals surface area contributed by atoms with E-state index in [1.165, 1.54) is 0 Å². The fourth-order valence-electron chi connectivity index (χ4n) is 1.85. The maximum absolute atomic E-state index is 5.91. The largest absolute Gasteiger partial charge is 0.261 e. The van der Waals surface area contributed by atoms with Crippen molar-refractivity contribution in [1.29, 1.82) is 0 Å². The average molecular weight is 303 g/mol. The lowest BCUT2D eigenvalue weighted by Crippen LogP contribution is -2.06. The summed E-state index contributed by atoms with van der Waals surface area (Å²) in [4.78, 5) is 4.07. The van der Waals surface area contributed by atoms with Crippen molar-refractivity contribution in [3.05, 3.63) is 22.0 Å². The van der Waals surface area contributed by atoms with Crippen LogP contribution in [0.1, 0.15) is 32.7 Å². The van der Waals surface area contributed by atoms with Crippen molar-refractivity contribution in [3.8, 4) is 0 Å². The minimum Gasteiger partial charge on any atom is -0.261 e. The molecule has 0 aliphatic heterocycles. The van der Waals surface area contributed by atoms with Crippen molar-refractivity contribution in [2.75, 3.05) is 0 Å². The molecule has 2 aromatic heterocycles. The Morgan fingerprint density at radius 2 is 2.31 bits per heavy atom. The second-order valence-electron chi connectivity index (χ2n) is 3.90. The van der Waals surface area contributed by atoms with Gasteiger partial charge in [-0.25, -0.2) is 4.98 Å². The van der Waals surface area contributed by atoms with E-state index in [4.69, 9.17) is 11.6 Å². The van der Waals surface area contributed by atoms with Crippen molar-refractivity contribution in [2.24, 2.45) is 0 Å². The van der Waals surface area contributed by atoms with Crippen LogP contribution in [-0.4, -0.2) is 14.8 Å². The molecule has 2 heterocycles.